The third-order valence-electron chi connectivity index (χ3n) is 5.71. The second-order valence-electron chi connectivity index (χ2n) is 8.46. The van der Waals surface area contributed by atoms with Crippen molar-refractivity contribution in [2.45, 2.75) is 58.0 Å². The Morgan fingerprint density at radius 3 is 2.68 bits per heavy atom. The summed E-state index contributed by atoms with van der Waals surface area (Å²) < 4.78 is 5.48. The molecule has 2 heterocycles. The van der Waals surface area contributed by atoms with Gasteiger partial charge < -0.3 is 24.7 Å². The minimum Gasteiger partial charge on any atom is -0.507 e. The van der Waals surface area contributed by atoms with Crippen LogP contribution in [0.3, 0.4) is 0 Å². The van der Waals surface area contributed by atoms with E-state index in [-0.39, 0.29) is 40.8 Å². The fourth-order valence-corrected chi connectivity index (χ4v) is 4.11. The molecular weight excluding hydrogens is 460 g/mol. The van der Waals surface area contributed by atoms with Crippen molar-refractivity contribution in [2.75, 3.05) is 19.7 Å². The number of hydrogen-bond donors (Lipinski definition) is 2. The topological polar surface area (TPSA) is 109 Å². The zero-order valence-corrected chi connectivity index (χ0v) is 20.1. The van der Waals surface area contributed by atoms with Gasteiger partial charge in [0, 0.05) is 32.0 Å². The number of carbonyl (C=O) groups excluding carboxylic acids is 2. The van der Waals surface area contributed by atoms with Gasteiger partial charge in [-0.05, 0) is 50.7 Å². The molecule has 0 bridgehead atoms. The molecule has 0 spiro atoms. The van der Waals surface area contributed by atoms with Gasteiger partial charge in [-0.3, -0.25) is 4.79 Å². The number of ether oxygens (including phenoxy) is 1. The molecular formula is C25H31ClN2O6. The van der Waals surface area contributed by atoms with Crippen LogP contribution in [0.15, 0.2) is 35.5 Å². The fraction of sp³-hybridized carbons (Fsp3) is 0.480. The summed E-state index contributed by atoms with van der Waals surface area (Å²) in [7, 11) is 0. The summed E-state index contributed by atoms with van der Waals surface area (Å²) >= 11 is 6.33. The molecule has 0 saturated carbocycles. The number of cyclic esters (lactones) is 1. The molecule has 2 aliphatic rings. The van der Waals surface area contributed by atoms with Crippen molar-refractivity contribution in [2.24, 2.45) is 5.16 Å². The Morgan fingerprint density at radius 1 is 1.18 bits per heavy atom. The number of allylic oxidation sites excluding steroid dienone is 3. The van der Waals surface area contributed by atoms with Gasteiger partial charge in [-0.2, -0.15) is 0 Å². The fourth-order valence-electron chi connectivity index (χ4n) is 3.89. The van der Waals surface area contributed by atoms with E-state index in [9.17, 15) is 19.8 Å². The van der Waals surface area contributed by atoms with Gasteiger partial charge in [0.15, 0.2) is 6.61 Å². The van der Waals surface area contributed by atoms with Crippen molar-refractivity contribution >= 4 is 29.2 Å². The van der Waals surface area contributed by atoms with E-state index in [2.05, 4.69) is 5.16 Å². The Kier molecular flexibility index (Phi) is 9.39. The second-order valence-corrected chi connectivity index (χ2v) is 8.84. The lowest BCUT2D eigenvalue weighted by Gasteiger charge is -2.26. The number of piperidine rings is 1. The molecule has 1 aromatic carbocycles. The zero-order chi connectivity index (χ0) is 24.5. The van der Waals surface area contributed by atoms with Crippen molar-refractivity contribution < 1.29 is 29.4 Å². The van der Waals surface area contributed by atoms with Gasteiger partial charge in [-0.25, -0.2) is 4.79 Å². The molecule has 2 N–H and O–H groups in total. The van der Waals surface area contributed by atoms with Crippen LogP contribution < -0.4 is 0 Å². The summed E-state index contributed by atoms with van der Waals surface area (Å²) in [6, 6.07) is 1.01. The number of rotatable bonds is 3. The maximum atomic E-state index is 12.9. The van der Waals surface area contributed by atoms with Gasteiger partial charge in [0.1, 0.15) is 23.2 Å². The Balaban J connectivity index is 1.88. The molecule has 0 aromatic heterocycles. The first-order chi connectivity index (χ1) is 16.4. The summed E-state index contributed by atoms with van der Waals surface area (Å²) in [6.45, 7) is 2.99. The number of esters is 1. The lowest BCUT2D eigenvalue weighted by Crippen LogP contribution is -2.37. The molecule has 1 atom stereocenters. The van der Waals surface area contributed by atoms with Gasteiger partial charge in [-0.15, -0.1) is 0 Å². The minimum atomic E-state index is -0.753. The van der Waals surface area contributed by atoms with E-state index < -0.39 is 17.8 Å². The number of amides is 1. The minimum absolute atomic E-state index is 0.0240. The summed E-state index contributed by atoms with van der Waals surface area (Å²) in [4.78, 5) is 32.4. The van der Waals surface area contributed by atoms with E-state index in [0.29, 0.717) is 25.2 Å². The van der Waals surface area contributed by atoms with E-state index in [1.165, 1.54) is 0 Å². The molecule has 9 heteroatoms. The van der Waals surface area contributed by atoms with Crippen LogP contribution in [0, 0.1) is 0 Å². The molecule has 0 unspecified atom stereocenters. The van der Waals surface area contributed by atoms with Gasteiger partial charge >= 0.3 is 5.97 Å². The number of benzene rings is 1. The van der Waals surface area contributed by atoms with E-state index in [1.807, 2.05) is 18.2 Å². The first kappa shape index (κ1) is 25.6. The number of carbonyl (C=O) groups is 2. The van der Waals surface area contributed by atoms with Crippen LogP contribution in [0.25, 0.3) is 0 Å². The highest BCUT2D eigenvalue weighted by Crippen LogP contribution is 2.37. The lowest BCUT2D eigenvalue weighted by atomic mass is 9.99. The number of oxime groups is 1. The average Bonchev–Trinajstić information content (AvgIpc) is 2.81. The number of phenolic OH excluding ortho intramolecular Hbond substituents is 2. The lowest BCUT2D eigenvalue weighted by molar-refractivity contribution is -0.137. The van der Waals surface area contributed by atoms with Crippen LogP contribution in [0.4, 0.5) is 0 Å². The number of aromatic hydroxyl groups is 2. The molecule has 8 nitrogen and oxygen atoms in total. The van der Waals surface area contributed by atoms with Crippen LogP contribution in [-0.2, 0) is 20.8 Å². The van der Waals surface area contributed by atoms with Crippen molar-refractivity contribution in [1.29, 1.82) is 0 Å². The van der Waals surface area contributed by atoms with E-state index in [1.54, 1.807) is 17.9 Å². The molecule has 1 saturated heterocycles. The molecule has 1 aromatic rings. The Hall–Kier alpha value is -3.00. The van der Waals surface area contributed by atoms with Crippen molar-refractivity contribution in [1.82, 2.24) is 4.90 Å². The SMILES string of the molecule is C[C@@H]1C/C=C/CC/C=C/C(=N/OCC(=O)N2CCCCC2)Cc2c(Cl)c(O)cc(O)c2C(=O)O1. The highest BCUT2D eigenvalue weighted by Gasteiger charge is 2.26. The van der Waals surface area contributed by atoms with Crippen LogP contribution >= 0.6 is 11.6 Å². The van der Waals surface area contributed by atoms with Crippen LogP contribution in [0.1, 0.15) is 61.4 Å². The van der Waals surface area contributed by atoms with Gasteiger partial charge in [-0.1, -0.05) is 35.0 Å². The molecule has 0 aliphatic carbocycles. The molecule has 0 radical (unpaired) electrons. The van der Waals surface area contributed by atoms with E-state index in [0.717, 1.165) is 38.2 Å². The highest BCUT2D eigenvalue weighted by atomic mass is 35.5. The highest BCUT2D eigenvalue weighted by molar-refractivity contribution is 6.33. The summed E-state index contributed by atoms with van der Waals surface area (Å²) in [5.41, 5.74) is 0.404. The standard InChI is InChI=1S/C25H31ClN2O6/c1-17-10-6-3-2-4-7-11-18(27-33-16-22(31)28-12-8-5-9-13-28)14-19-23(25(32)34-17)20(29)15-21(30)24(19)26/h3,6-7,11,15,17,29-30H,2,4-5,8-10,12-14,16H2,1H3/b6-3+,11-7+,27-18-/t17-/m1/s1. The first-order valence-corrected chi connectivity index (χ1v) is 12.0. The maximum Gasteiger partial charge on any atom is 0.342 e. The van der Waals surface area contributed by atoms with Crippen LogP contribution in [0.5, 0.6) is 11.5 Å². The molecule has 3 rings (SSSR count). The molecule has 1 amide bonds. The quantitative estimate of drug-likeness (QED) is 0.366. The van der Waals surface area contributed by atoms with E-state index >= 15 is 0 Å². The van der Waals surface area contributed by atoms with Crippen LogP contribution in [-0.4, -0.2) is 58.5 Å². The number of fused-ring (bicyclic) bond motifs is 1. The van der Waals surface area contributed by atoms with Gasteiger partial charge in [0.05, 0.1) is 10.7 Å². The van der Waals surface area contributed by atoms with Crippen molar-refractivity contribution in [3.63, 3.8) is 0 Å². The maximum absolute atomic E-state index is 12.9. The number of phenols is 2. The first-order valence-electron chi connectivity index (χ1n) is 11.6. The Bertz CT molecular complexity index is 982. The third-order valence-corrected chi connectivity index (χ3v) is 6.14. The number of halogens is 1. The zero-order valence-electron chi connectivity index (χ0n) is 19.3. The summed E-state index contributed by atoms with van der Waals surface area (Å²) in [6.07, 6.45) is 12.3. The number of likely N-dealkylation sites (tertiary alicyclic amines) is 1. The molecule has 2 aliphatic heterocycles. The normalized spacial score (nSPS) is 22.9. The van der Waals surface area contributed by atoms with Crippen molar-refractivity contribution in [3.05, 3.63) is 46.5 Å². The predicted molar refractivity (Wildman–Crippen MR) is 129 cm³/mol. The predicted octanol–water partition coefficient (Wildman–Crippen LogP) is 4.52. The number of nitrogens with zero attached hydrogens (tertiary/aromatic N) is 2. The van der Waals surface area contributed by atoms with Crippen molar-refractivity contribution in [3.8, 4) is 11.5 Å². The second kappa shape index (κ2) is 12.5. The van der Waals surface area contributed by atoms with E-state index in [4.69, 9.17) is 21.2 Å². The van der Waals surface area contributed by atoms with Crippen LogP contribution in [0.2, 0.25) is 5.02 Å². The molecule has 184 valence electrons. The largest absolute Gasteiger partial charge is 0.507 e. The monoisotopic (exact) mass is 490 g/mol. The van der Waals surface area contributed by atoms with Gasteiger partial charge in [0.2, 0.25) is 0 Å². The molecule has 1 fully saturated rings. The average molecular weight is 491 g/mol. The Labute approximate surface area is 204 Å². The summed E-state index contributed by atoms with van der Waals surface area (Å²) in [5.74, 6) is -1.70. The third kappa shape index (κ3) is 7.00. The molecule has 34 heavy (non-hydrogen) atoms. The smallest absolute Gasteiger partial charge is 0.342 e. The Morgan fingerprint density at radius 2 is 1.91 bits per heavy atom. The number of hydrogen-bond acceptors (Lipinski definition) is 7. The summed E-state index contributed by atoms with van der Waals surface area (Å²) in [5, 5.41) is 24.6. The van der Waals surface area contributed by atoms with Gasteiger partial charge in [0.25, 0.3) is 5.91 Å².